The minimum Gasteiger partial charge on any atom is -0.483 e. The van der Waals surface area contributed by atoms with Gasteiger partial charge in [-0.05, 0) is 48.9 Å². The van der Waals surface area contributed by atoms with Gasteiger partial charge in [-0.1, -0.05) is 30.3 Å². The molecule has 0 aliphatic carbocycles. The Bertz CT molecular complexity index is 1160. The maximum atomic E-state index is 13.7. The lowest BCUT2D eigenvalue weighted by Gasteiger charge is -2.14. The molecule has 0 radical (unpaired) electrons. The Morgan fingerprint density at radius 1 is 0.844 bits per heavy atom. The number of nitrogens with one attached hydrogen (secondary N) is 2. The van der Waals surface area contributed by atoms with Crippen molar-refractivity contribution in [1.29, 1.82) is 0 Å². The SMILES string of the molecule is COC(=O)c1cccc(NC(=O)c2ccccc2OCC(=O)Nc2ccccc2F)c1C. The van der Waals surface area contributed by atoms with Gasteiger partial charge < -0.3 is 20.1 Å². The highest BCUT2D eigenvalue weighted by Gasteiger charge is 2.17. The first-order valence-electron chi connectivity index (χ1n) is 9.66. The number of anilines is 2. The van der Waals surface area contributed by atoms with Gasteiger partial charge in [0.25, 0.3) is 11.8 Å². The number of halogens is 1. The first-order chi connectivity index (χ1) is 15.4. The van der Waals surface area contributed by atoms with Crippen LogP contribution >= 0.6 is 0 Å². The van der Waals surface area contributed by atoms with Crippen molar-refractivity contribution < 1.29 is 28.2 Å². The molecular formula is C24H21FN2O5. The van der Waals surface area contributed by atoms with E-state index in [1.54, 1.807) is 55.5 Å². The molecule has 0 aliphatic rings. The molecular weight excluding hydrogens is 415 g/mol. The van der Waals surface area contributed by atoms with E-state index in [1.165, 1.54) is 25.3 Å². The molecule has 0 saturated heterocycles. The van der Waals surface area contributed by atoms with Crippen molar-refractivity contribution in [3.63, 3.8) is 0 Å². The Kier molecular flexibility index (Phi) is 7.17. The summed E-state index contributed by atoms with van der Waals surface area (Å²) in [5.74, 6) is -1.96. The Hall–Kier alpha value is -4.20. The number of para-hydroxylation sites is 2. The minimum absolute atomic E-state index is 0.0353. The standard InChI is InChI=1S/C24H21FN2O5/c1-15-16(24(30)31-2)9-7-12-19(15)27-23(29)17-8-3-6-13-21(17)32-14-22(28)26-20-11-5-4-10-18(20)25/h3-13H,14H2,1-2H3,(H,26,28)(H,27,29). The molecule has 0 unspecified atom stereocenters. The molecule has 32 heavy (non-hydrogen) atoms. The molecule has 2 amide bonds. The van der Waals surface area contributed by atoms with E-state index in [4.69, 9.17) is 9.47 Å². The predicted octanol–water partition coefficient (Wildman–Crippen LogP) is 4.19. The van der Waals surface area contributed by atoms with E-state index in [-0.39, 0.29) is 17.0 Å². The largest absolute Gasteiger partial charge is 0.483 e. The maximum absolute atomic E-state index is 13.7. The second kappa shape index (κ2) is 10.2. The van der Waals surface area contributed by atoms with Gasteiger partial charge in [-0.25, -0.2) is 9.18 Å². The van der Waals surface area contributed by atoms with Gasteiger partial charge in [0.15, 0.2) is 6.61 Å². The summed E-state index contributed by atoms with van der Waals surface area (Å²) in [6.07, 6.45) is 0. The third kappa shape index (κ3) is 5.28. The third-order valence-corrected chi connectivity index (χ3v) is 4.63. The summed E-state index contributed by atoms with van der Waals surface area (Å²) in [5.41, 5.74) is 1.54. The van der Waals surface area contributed by atoms with E-state index in [9.17, 15) is 18.8 Å². The molecule has 0 saturated carbocycles. The quantitative estimate of drug-likeness (QED) is 0.542. The number of hydrogen-bond acceptors (Lipinski definition) is 5. The molecule has 164 valence electrons. The number of carbonyl (C=O) groups excluding carboxylic acids is 3. The summed E-state index contributed by atoms with van der Waals surface area (Å²) >= 11 is 0. The maximum Gasteiger partial charge on any atom is 0.338 e. The molecule has 3 aromatic rings. The average Bonchev–Trinajstić information content (AvgIpc) is 2.80. The highest BCUT2D eigenvalue weighted by Crippen LogP contribution is 2.23. The topological polar surface area (TPSA) is 93.7 Å². The number of esters is 1. The van der Waals surface area contributed by atoms with Crippen LogP contribution in [-0.4, -0.2) is 31.5 Å². The Labute approximate surface area is 184 Å². The molecule has 2 N–H and O–H groups in total. The minimum atomic E-state index is -0.577. The summed E-state index contributed by atoms with van der Waals surface area (Å²) < 4.78 is 23.9. The van der Waals surface area contributed by atoms with Crippen molar-refractivity contribution in [1.82, 2.24) is 0 Å². The van der Waals surface area contributed by atoms with E-state index >= 15 is 0 Å². The molecule has 0 bridgehead atoms. The van der Waals surface area contributed by atoms with Crippen LogP contribution in [0.4, 0.5) is 15.8 Å². The van der Waals surface area contributed by atoms with Gasteiger partial charge in [0.05, 0.1) is 23.9 Å². The first kappa shape index (κ1) is 22.5. The van der Waals surface area contributed by atoms with Crippen molar-refractivity contribution in [2.75, 3.05) is 24.4 Å². The summed E-state index contributed by atoms with van der Waals surface area (Å²) in [6, 6.07) is 17.0. The first-order valence-corrected chi connectivity index (χ1v) is 9.66. The molecule has 3 rings (SSSR count). The monoisotopic (exact) mass is 436 g/mol. The second-order valence-electron chi connectivity index (χ2n) is 6.74. The number of carbonyl (C=O) groups is 3. The summed E-state index contributed by atoms with van der Waals surface area (Å²) in [7, 11) is 1.28. The van der Waals surface area contributed by atoms with Crippen LogP contribution in [0.25, 0.3) is 0 Å². The van der Waals surface area contributed by atoms with Gasteiger partial charge in [-0.3, -0.25) is 9.59 Å². The van der Waals surface area contributed by atoms with E-state index in [1.807, 2.05) is 0 Å². The molecule has 3 aromatic carbocycles. The van der Waals surface area contributed by atoms with Crippen LogP contribution in [-0.2, 0) is 9.53 Å². The van der Waals surface area contributed by atoms with Crippen molar-refractivity contribution >= 4 is 29.2 Å². The fourth-order valence-corrected chi connectivity index (χ4v) is 2.96. The highest BCUT2D eigenvalue weighted by molar-refractivity contribution is 6.07. The van der Waals surface area contributed by atoms with Crippen LogP contribution in [0, 0.1) is 12.7 Å². The zero-order chi connectivity index (χ0) is 23.1. The molecule has 8 heteroatoms. The molecule has 7 nitrogen and oxygen atoms in total. The number of methoxy groups -OCH3 is 1. The van der Waals surface area contributed by atoms with Crippen molar-refractivity contribution in [2.45, 2.75) is 6.92 Å². The lowest BCUT2D eigenvalue weighted by Crippen LogP contribution is -2.22. The van der Waals surface area contributed by atoms with Gasteiger partial charge in [0.1, 0.15) is 11.6 Å². The molecule has 0 spiro atoms. The van der Waals surface area contributed by atoms with Gasteiger partial charge >= 0.3 is 5.97 Å². The zero-order valence-corrected chi connectivity index (χ0v) is 17.5. The lowest BCUT2D eigenvalue weighted by atomic mass is 10.1. The van der Waals surface area contributed by atoms with E-state index in [0.717, 1.165) is 0 Å². The number of amides is 2. The Morgan fingerprint density at radius 2 is 1.50 bits per heavy atom. The summed E-state index contributed by atoms with van der Waals surface area (Å²) in [6.45, 7) is 1.27. The second-order valence-corrected chi connectivity index (χ2v) is 6.74. The normalized spacial score (nSPS) is 10.2. The smallest absolute Gasteiger partial charge is 0.338 e. The molecule has 0 aliphatic heterocycles. The van der Waals surface area contributed by atoms with Crippen LogP contribution in [0.2, 0.25) is 0 Å². The van der Waals surface area contributed by atoms with E-state index in [2.05, 4.69) is 10.6 Å². The number of hydrogen-bond donors (Lipinski definition) is 2. The molecule has 0 aromatic heterocycles. The van der Waals surface area contributed by atoms with Crippen LogP contribution in [0.1, 0.15) is 26.3 Å². The number of rotatable bonds is 7. The van der Waals surface area contributed by atoms with Gasteiger partial charge in [0.2, 0.25) is 0 Å². The van der Waals surface area contributed by atoms with E-state index in [0.29, 0.717) is 16.8 Å². The fourth-order valence-electron chi connectivity index (χ4n) is 2.96. The zero-order valence-electron chi connectivity index (χ0n) is 17.5. The van der Waals surface area contributed by atoms with Crippen molar-refractivity contribution in [2.24, 2.45) is 0 Å². The van der Waals surface area contributed by atoms with Gasteiger partial charge in [-0.2, -0.15) is 0 Å². The van der Waals surface area contributed by atoms with Crippen LogP contribution in [0.15, 0.2) is 66.7 Å². The molecule has 0 fully saturated rings. The fraction of sp³-hybridized carbons (Fsp3) is 0.125. The third-order valence-electron chi connectivity index (χ3n) is 4.63. The Balaban J connectivity index is 1.71. The lowest BCUT2D eigenvalue weighted by molar-refractivity contribution is -0.118. The average molecular weight is 436 g/mol. The molecule has 0 atom stereocenters. The van der Waals surface area contributed by atoms with Crippen molar-refractivity contribution in [3.05, 3.63) is 89.2 Å². The molecule has 0 heterocycles. The van der Waals surface area contributed by atoms with Crippen LogP contribution < -0.4 is 15.4 Å². The summed E-state index contributed by atoms with van der Waals surface area (Å²) in [4.78, 5) is 36.9. The van der Waals surface area contributed by atoms with Crippen LogP contribution in [0.3, 0.4) is 0 Å². The summed E-state index contributed by atoms with van der Waals surface area (Å²) in [5, 5.41) is 5.16. The number of benzene rings is 3. The number of ether oxygens (including phenoxy) is 2. The predicted molar refractivity (Wildman–Crippen MR) is 117 cm³/mol. The van der Waals surface area contributed by atoms with Gasteiger partial charge in [-0.15, -0.1) is 0 Å². The van der Waals surface area contributed by atoms with Gasteiger partial charge in [0, 0.05) is 5.69 Å². The Morgan fingerprint density at radius 3 is 2.25 bits per heavy atom. The van der Waals surface area contributed by atoms with Crippen LogP contribution in [0.5, 0.6) is 5.75 Å². The van der Waals surface area contributed by atoms with E-state index < -0.39 is 30.2 Å². The van der Waals surface area contributed by atoms with Crippen molar-refractivity contribution in [3.8, 4) is 5.75 Å². The highest BCUT2D eigenvalue weighted by atomic mass is 19.1.